The lowest BCUT2D eigenvalue weighted by Gasteiger charge is -2.33. The molecule has 2 amide bonds. The van der Waals surface area contributed by atoms with Gasteiger partial charge >= 0.3 is 0 Å². The number of piperidine rings is 1. The molecule has 0 radical (unpaired) electrons. The van der Waals surface area contributed by atoms with Crippen molar-refractivity contribution in [3.8, 4) is 11.5 Å². The SMILES string of the molecule is CCOc1ccccc1CN1CCC(CNC(=O)CN2C(=O)COc3ccc(C(C)(C)C)cc32)CC1. The predicted octanol–water partition coefficient (Wildman–Crippen LogP) is 4.14. The number of likely N-dealkylation sites (tertiary alicyclic amines) is 1. The fourth-order valence-electron chi connectivity index (χ4n) is 4.82. The minimum absolute atomic E-state index is 0.00977. The first kappa shape index (κ1) is 26.0. The topological polar surface area (TPSA) is 71.1 Å². The molecule has 0 saturated carbocycles. The Labute approximate surface area is 214 Å². The highest BCUT2D eigenvalue weighted by Crippen LogP contribution is 2.36. The van der Waals surface area contributed by atoms with E-state index < -0.39 is 0 Å². The number of anilines is 1. The summed E-state index contributed by atoms with van der Waals surface area (Å²) in [6.07, 6.45) is 2.07. The fraction of sp³-hybridized carbons (Fsp3) is 0.517. The molecule has 0 unspecified atom stereocenters. The number of nitrogens with zero attached hydrogens (tertiary/aromatic N) is 2. The zero-order valence-corrected chi connectivity index (χ0v) is 22.0. The monoisotopic (exact) mass is 493 g/mol. The quantitative estimate of drug-likeness (QED) is 0.599. The van der Waals surface area contributed by atoms with E-state index >= 15 is 0 Å². The lowest BCUT2D eigenvalue weighted by Crippen LogP contribution is -2.46. The smallest absolute Gasteiger partial charge is 0.265 e. The van der Waals surface area contributed by atoms with Crippen LogP contribution >= 0.6 is 0 Å². The maximum atomic E-state index is 12.8. The van der Waals surface area contributed by atoms with E-state index in [4.69, 9.17) is 9.47 Å². The van der Waals surface area contributed by atoms with Gasteiger partial charge in [0.25, 0.3) is 5.91 Å². The summed E-state index contributed by atoms with van der Waals surface area (Å²) < 4.78 is 11.4. The molecule has 2 heterocycles. The lowest BCUT2D eigenvalue weighted by molar-refractivity contribution is -0.125. The molecule has 0 spiro atoms. The molecule has 7 heteroatoms. The summed E-state index contributed by atoms with van der Waals surface area (Å²) in [7, 11) is 0. The summed E-state index contributed by atoms with van der Waals surface area (Å²) >= 11 is 0. The minimum Gasteiger partial charge on any atom is -0.494 e. The number of carbonyl (C=O) groups excluding carboxylic acids is 2. The number of carbonyl (C=O) groups is 2. The van der Waals surface area contributed by atoms with E-state index in [1.54, 1.807) is 4.90 Å². The van der Waals surface area contributed by atoms with Crippen molar-refractivity contribution in [2.75, 3.05) is 44.3 Å². The van der Waals surface area contributed by atoms with Crippen molar-refractivity contribution in [1.82, 2.24) is 10.2 Å². The van der Waals surface area contributed by atoms with E-state index in [1.807, 2.05) is 37.3 Å². The van der Waals surface area contributed by atoms with Crippen molar-refractivity contribution in [3.05, 3.63) is 53.6 Å². The van der Waals surface area contributed by atoms with Gasteiger partial charge in [-0.25, -0.2) is 0 Å². The number of benzene rings is 2. The first-order chi connectivity index (χ1) is 17.2. The van der Waals surface area contributed by atoms with Crippen LogP contribution in [0.2, 0.25) is 0 Å². The van der Waals surface area contributed by atoms with Crippen LogP contribution in [0.15, 0.2) is 42.5 Å². The number of rotatable bonds is 8. The predicted molar refractivity (Wildman–Crippen MR) is 142 cm³/mol. The highest BCUT2D eigenvalue weighted by molar-refractivity contribution is 6.02. The largest absolute Gasteiger partial charge is 0.494 e. The van der Waals surface area contributed by atoms with Gasteiger partial charge in [-0.1, -0.05) is 45.0 Å². The molecule has 0 aromatic heterocycles. The zero-order chi connectivity index (χ0) is 25.7. The van der Waals surface area contributed by atoms with E-state index in [-0.39, 0.29) is 30.4 Å². The summed E-state index contributed by atoms with van der Waals surface area (Å²) in [5.41, 5.74) is 2.93. The van der Waals surface area contributed by atoms with Crippen molar-refractivity contribution in [2.45, 2.75) is 52.5 Å². The summed E-state index contributed by atoms with van der Waals surface area (Å²) in [6.45, 7) is 12.5. The zero-order valence-electron chi connectivity index (χ0n) is 22.0. The number of hydrogen-bond acceptors (Lipinski definition) is 5. The van der Waals surface area contributed by atoms with Crippen molar-refractivity contribution in [3.63, 3.8) is 0 Å². The van der Waals surface area contributed by atoms with Crippen LogP contribution in [0.4, 0.5) is 5.69 Å². The molecule has 194 valence electrons. The maximum absolute atomic E-state index is 12.8. The molecule has 36 heavy (non-hydrogen) atoms. The summed E-state index contributed by atoms with van der Waals surface area (Å²) in [5, 5.41) is 3.07. The Morgan fingerprint density at radius 2 is 1.89 bits per heavy atom. The Hall–Kier alpha value is -3.06. The van der Waals surface area contributed by atoms with Gasteiger partial charge < -0.3 is 14.8 Å². The van der Waals surface area contributed by atoms with E-state index in [9.17, 15) is 9.59 Å². The molecule has 1 fully saturated rings. The molecular formula is C29H39N3O4. The van der Waals surface area contributed by atoms with Crippen LogP contribution < -0.4 is 19.7 Å². The Morgan fingerprint density at radius 1 is 1.14 bits per heavy atom. The molecule has 1 N–H and O–H groups in total. The molecule has 2 aromatic rings. The normalized spacial score (nSPS) is 16.9. The first-order valence-corrected chi connectivity index (χ1v) is 13.0. The summed E-state index contributed by atoms with van der Waals surface area (Å²) in [5.74, 6) is 1.72. The highest BCUT2D eigenvalue weighted by atomic mass is 16.5. The van der Waals surface area contributed by atoms with E-state index in [2.05, 4.69) is 43.1 Å². The van der Waals surface area contributed by atoms with Gasteiger partial charge in [0.15, 0.2) is 6.61 Å². The Bertz CT molecular complexity index is 1070. The van der Waals surface area contributed by atoms with Crippen molar-refractivity contribution in [2.24, 2.45) is 5.92 Å². The molecule has 2 aliphatic rings. The van der Waals surface area contributed by atoms with Crippen LogP contribution in [0, 0.1) is 5.92 Å². The summed E-state index contributed by atoms with van der Waals surface area (Å²) in [4.78, 5) is 29.5. The number of fused-ring (bicyclic) bond motifs is 1. The molecule has 0 aliphatic carbocycles. The molecule has 7 nitrogen and oxygen atoms in total. The average molecular weight is 494 g/mol. The van der Waals surface area contributed by atoms with Crippen molar-refractivity contribution in [1.29, 1.82) is 0 Å². The maximum Gasteiger partial charge on any atom is 0.265 e. The third kappa shape index (κ3) is 6.38. The van der Waals surface area contributed by atoms with Crippen LogP contribution in [0.3, 0.4) is 0 Å². The molecule has 2 aliphatic heterocycles. The third-order valence-electron chi connectivity index (χ3n) is 7.03. The molecule has 2 aromatic carbocycles. The van der Waals surface area contributed by atoms with Crippen LogP contribution in [0.1, 0.15) is 51.7 Å². The first-order valence-electron chi connectivity index (χ1n) is 13.0. The second-order valence-corrected chi connectivity index (χ2v) is 10.8. The van der Waals surface area contributed by atoms with E-state index in [0.717, 1.165) is 43.8 Å². The number of hydrogen-bond donors (Lipinski definition) is 1. The number of nitrogens with one attached hydrogen (secondary N) is 1. The minimum atomic E-state index is -0.190. The van der Waals surface area contributed by atoms with Gasteiger partial charge in [0.2, 0.25) is 5.91 Å². The van der Waals surface area contributed by atoms with Crippen LogP contribution in [0.25, 0.3) is 0 Å². The van der Waals surface area contributed by atoms with E-state index in [0.29, 0.717) is 30.5 Å². The fourth-order valence-corrected chi connectivity index (χ4v) is 4.82. The Kier molecular flexibility index (Phi) is 8.19. The summed E-state index contributed by atoms with van der Waals surface area (Å²) in [6, 6.07) is 14.1. The van der Waals surface area contributed by atoms with E-state index in [1.165, 1.54) is 5.56 Å². The number of amides is 2. The van der Waals surface area contributed by atoms with Crippen molar-refractivity contribution >= 4 is 17.5 Å². The van der Waals surface area contributed by atoms with Crippen molar-refractivity contribution < 1.29 is 19.1 Å². The van der Waals surface area contributed by atoms with Gasteiger partial charge in [0, 0.05) is 18.7 Å². The molecule has 1 saturated heterocycles. The number of para-hydroxylation sites is 1. The van der Waals surface area contributed by atoms with Gasteiger partial charge in [-0.3, -0.25) is 19.4 Å². The third-order valence-corrected chi connectivity index (χ3v) is 7.03. The Morgan fingerprint density at radius 3 is 2.61 bits per heavy atom. The second kappa shape index (κ2) is 11.3. The van der Waals surface area contributed by atoms with Crippen LogP contribution in [0.5, 0.6) is 11.5 Å². The second-order valence-electron chi connectivity index (χ2n) is 10.8. The number of ether oxygens (including phenoxy) is 2. The lowest BCUT2D eigenvalue weighted by atomic mass is 9.86. The van der Waals surface area contributed by atoms with Gasteiger partial charge in [-0.05, 0) is 68.0 Å². The van der Waals surface area contributed by atoms with Gasteiger partial charge in [-0.2, -0.15) is 0 Å². The average Bonchev–Trinajstić information content (AvgIpc) is 2.86. The molecular weight excluding hydrogens is 454 g/mol. The highest BCUT2D eigenvalue weighted by Gasteiger charge is 2.29. The Balaban J connectivity index is 1.28. The van der Waals surface area contributed by atoms with Gasteiger partial charge in [0.1, 0.15) is 18.0 Å². The van der Waals surface area contributed by atoms with Crippen LogP contribution in [-0.2, 0) is 21.5 Å². The molecule has 0 atom stereocenters. The molecule has 0 bridgehead atoms. The molecule has 4 rings (SSSR count). The van der Waals surface area contributed by atoms with Gasteiger partial charge in [0.05, 0.1) is 12.3 Å². The van der Waals surface area contributed by atoms with Gasteiger partial charge in [-0.15, -0.1) is 0 Å². The van der Waals surface area contributed by atoms with Crippen LogP contribution in [-0.4, -0.2) is 56.1 Å². The standard InChI is InChI=1S/C29H39N3O4/c1-5-35-25-9-7-6-8-22(25)18-31-14-12-21(13-15-31)17-30-27(33)19-32-24-16-23(29(2,3)4)10-11-26(24)36-20-28(32)34/h6-11,16,21H,5,12-15,17-20H2,1-4H3,(H,30,33).